The third-order valence-electron chi connectivity index (χ3n) is 4.92. The van der Waals surface area contributed by atoms with Gasteiger partial charge in [0.1, 0.15) is 0 Å². The third kappa shape index (κ3) is 9.33. The molecule has 0 fully saturated rings. The minimum absolute atomic E-state index is 0.0131. The van der Waals surface area contributed by atoms with Gasteiger partial charge in [0, 0.05) is 18.3 Å². The number of aliphatic hydroxyl groups is 1. The number of allylic oxidation sites excluding steroid dienone is 3. The molecule has 1 aliphatic carbocycles. The molecule has 0 radical (unpaired) electrons. The highest BCUT2D eigenvalue weighted by molar-refractivity contribution is 5.94. The average molecular weight is 365 g/mol. The molecule has 0 aromatic carbocycles. The molecule has 0 bridgehead atoms. The molecule has 4 heteroatoms. The van der Waals surface area contributed by atoms with Crippen molar-refractivity contribution in [1.29, 1.82) is 0 Å². The van der Waals surface area contributed by atoms with E-state index in [1.54, 1.807) is 6.08 Å². The van der Waals surface area contributed by atoms with Gasteiger partial charge in [0.05, 0.1) is 12.7 Å². The van der Waals surface area contributed by atoms with Crippen LogP contribution < -0.4 is 0 Å². The summed E-state index contributed by atoms with van der Waals surface area (Å²) in [6.45, 7) is 4.41. The number of unbranched alkanes of at least 4 members (excludes halogenated alkanes) is 5. The summed E-state index contributed by atoms with van der Waals surface area (Å²) in [6, 6.07) is 0. The van der Waals surface area contributed by atoms with Gasteiger partial charge in [-0.1, -0.05) is 63.7 Å². The van der Waals surface area contributed by atoms with Crippen molar-refractivity contribution in [3.8, 4) is 0 Å². The molecular weight excluding hydrogens is 328 g/mol. The van der Waals surface area contributed by atoms with E-state index >= 15 is 0 Å². The van der Waals surface area contributed by atoms with Crippen LogP contribution in [-0.2, 0) is 14.3 Å². The van der Waals surface area contributed by atoms with Crippen LogP contribution in [-0.4, -0.2) is 29.6 Å². The van der Waals surface area contributed by atoms with Crippen molar-refractivity contribution in [2.75, 3.05) is 6.61 Å². The Hall–Kier alpha value is -1.42. The Kier molecular flexibility index (Phi) is 12.0. The van der Waals surface area contributed by atoms with Gasteiger partial charge in [0.25, 0.3) is 0 Å². The zero-order valence-corrected chi connectivity index (χ0v) is 16.5. The number of carbonyl (C=O) groups is 2. The van der Waals surface area contributed by atoms with Crippen LogP contribution in [0.2, 0.25) is 0 Å². The molecule has 0 saturated carbocycles. The fraction of sp³-hybridized carbons (Fsp3) is 0.727. The molecule has 3 atom stereocenters. The van der Waals surface area contributed by atoms with Gasteiger partial charge in [-0.3, -0.25) is 9.59 Å². The van der Waals surface area contributed by atoms with Gasteiger partial charge in [-0.2, -0.15) is 0 Å². The monoisotopic (exact) mass is 364 g/mol. The van der Waals surface area contributed by atoms with Crippen LogP contribution in [0.15, 0.2) is 24.3 Å². The van der Waals surface area contributed by atoms with Crippen molar-refractivity contribution in [2.24, 2.45) is 11.8 Å². The molecule has 1 aliphatic rings. The molecule has 148 valence electrons. The average Bonchev–Trinajstić information content (AvgIpc) is 2.96. The molecule has 0 amide bonds. The number of esters is 1. The molecule has 4 nitrogen and oxygen atoms in total. The predicted molar refractivity (Wildman–Crippen MR) is 105 cm³/mol. The number of ketones is 1. The lowest BCUT2D eigenvalue weighted by Crippen LogP contribution is -2.15. The number of aliphatic hydroxyl groups excluding tert-OH is 1. The lowest BCUT2D eigenvalue weighted by atomic mass is 9.88. The van der Waals surface area contributed by atoms with Crippen LogP contribution in [0.5, 0.6) is 0 Å². The standard InChI is InChI=1S/C22H36O4/c1-3-5-8-11-19(23)16-14-18-15-17-21(24)20(18)12-9-6-7-10-13-22(25)26-4-2/h14-20,23H,3-13H2,1-2H3/b16-14+/t18-,19+,20-/m0/s1. The first-order chi connectivity index (χ1) is 12.6. The fourth-order valence-corrected chi connectivity index (χ4v) is 3.36. The van der Waals surface area contributed by atoms with Gasteiger partial charge in [-0.25, -0.2) is 0 Å². The molecule has 0 aliphatic heterocycles. The smallest absolute Gasteiger partial charge is 0.305 e. The molecule has 0 unspecified atom stereocenters. The van der Waals surface area contributed by atoms with Crippen LogP contribution in [0.3, 0.4) is 0 Å². The number of hydrogen-bond acceptors (Lipinski definition) is 4. The molecular formula is C22H36O4. The third-order valence-corrected chi connectivity index (χ3v) is 4.92. The van der Waals surface area contributed by atoms with E-state index in [2.05, 4.69) is 6.92 Å². The van der Waals surface area contributed by atoms with Crippen molar-refractivity contribution < 1.29 is 19.4 Å². The molecule has 0 heterocycles. The summed E-state index contributed by atoms with van der Waals surface area (Å²) < 4.78 is 4.91. The number of hydrogen-bond donors (Lipinski definition) is 1. The van der Waals surface area contributed by atoms with Gasteiger partial charge in [0.15, 0.2) is 5.78 Å². The van der Waals surface area contributed by atoms with Gasteiger partial charge in [-0.05, 0) is 32.3 Å². The van der Waals surface area contributed by atoms with Crippen LogP contribution >= 0.6 is 0 Å². The summed E-state index contributed by atoms with van der Waals surface area (Å²) in [4.78, 5) is 23.4. The molecule has 0 saturated heterocycles. The van der Waals surface area contributed by atoms with Crippen LogP contribution in [0.1, 0.15) is 78.1 Å². The lowest BCUT2D eigenvalue weighted by Gasteiger charge is -2.15. The number of ether oxygens (including phenoxy) is 1. The van der Waals surface area contributed by atoms with E-state index in [1.807, 2.05) is 25.2 Å². The van der Waals surface area contributed by atoms with Crippen molar-refractivity contribution in [2.45, 2.75) is 84.2 Å². The fourth-order valence-electron chi connectivity index (χ4n) is 3.36. The Balaban J connectivity index is 2.25. The second-order valence-electron chi connectivity index (χ2n) is 7.15. The number of rotatable bonds is 14. The van der Waals surface area contributed by atoms with Crippen molar-refractivity contribution in [3.05, 3.63) is 24.3 Å². The largest absolute Gasteiger partial charge is 0.466 e. The van der Waals surface area contributed by atoms with E-state index in [4.69, 9.17) is 4.74 Å². The van der Waals surface area contributed by atoms with E-state index < -0.39 is 6.10 Å². The highest BCUT2D eigenvalue weighted by Crippen LogP contribution is 2.29. The Labute approximate surface area is 158 Å². The van der Waals surface area contributed by atoms with E-state index in [-0.39, 0.29) is 23.6 Å². The van der Waals surface area contributed by atoms with Crippen LogP contribution in [0, 0.1) is 11.8 Å². The summed E-state index contributed by atoms with van der Waals surface area (Å²) in [5.41, 5.74) is 0. The SMILES string of the molecule is CCCCC[C@@H](O)/C=C/[C@H]1C=CC(=O)[C@H]1CCCCCCC(=O)OCC. The van der Waals surface area contributed by atoms with Crippen molar-refractivity contribution in [1.82, 2.24) is 0 Å². The van der Waals surface area contributed by atoms with Gasteiger partial charge in [0.2, 0.25) is 0 Å². The maximum atomic E-state index is 12.1. The van der Waals surface area contributed by atoms with Crippen molar-refractivity contribution in [3.63, 3.8) is 0 Å². The summed E-state index contributed by atoms with van der Waals surface area (Å²) >= 11 is 0. The van der Waals surface area contributed by atoms with Crippen LogP contribution in [0.25, 0.3) is 0 Å². The normalized spacial score (nSPS) is 20.8. The first kappa shape index (κ1) is 22.6. The Morgan fingerprint density at radius 3 is 2.69 bits per heavy atom. The minimum Gasteiger partial charge on any atom is -0.466 e. The highest BCUT2D eigenvalue weighted by atomic mass is 16.5. The maximum Gasteiger partial charge on any atom is 0.305 e. The van der Waals surface area contributed by atoms with Crippen molar-refractivity contribution >= 4 is 11.8 Å². The summed E-state index contributed by atoms with van der Waals surface area (Å²) in [6.07, 6.45) is 16.4. The molecule has 1 rings (SSSR count). The zero-order chi connectivity index (χ0) is 19.2. The van der Waals surface area contributed by atoms with Gasteiger partial charge < -0.3 is 9.84 Å². The highest BCUT2D eigenvalue weighted by Gasteiger charge is 2.27. The Morgan fingerprint density at radius 1 is 1.19 bits per heavy atom. The first-order valence-corrected chi connectivity index (χ1v) is 10.3. The maximum absolute atomic E-state index is 12.1. The Morgan fingerprint density at radius 2 is 1.96 bits per heavy atom. The quantitative estimate of drug-likeness (QED) is 0.274. The topological polar surface area (TPSA) is 63.6 Å². The molecule has 0 aromatic heterocycles. The molecule has 0 spiro atoms. The molecule has 26 heavy (non-hydrogen) atoms. The first-order valence-electron chi connectivity index (χ1n) is 10.3. The molecule has 0 aromatic rings. The van der Waals surface area contributed by atoms with Gasteiger partial charge >= 0.3 is 5.97 Å². The lowest BCUT2D eigenvalue weighted by molar-refractivity contribution is -0.143. The zero-order valence-electron chi connectivity index (χ0n) is 16.5. The van der Waals surface area contributed by atoms with E-state index in [9.17, 15) is 14.7 Å². The summed E-state index contributed by atoms with van der Waals surface area (Å²) in [7, 11) is 0. The van der Waals surface area contributed by atoms with Gasteiger partial charge in [-0.15, -0.1) is 0 Å². The Bertz CT molecular complexity index is 467. The van der Waals surface area contributed by atoms with Crippen LogP contribution in [0.4, 0.5) is 0 Å². The number of carbonyl (C=O) groups excluding carboxylic acids is 2. The van der Waals surface area contributed by atoms with E-state index in [1.165, 1.54) is 0 Å². The van der Waals surface area contributed by atoms with E-state index in [0.29, 0.717) is 13.0 Å². The summed E-state index contributed by atoms with van der Waals surface area (Å²) in [5.74, 6) is 0.207. The predicted octanol–water partition coefficient (Wildman–Crippen LogP) is 4.76. The second-order valence-corrected chi connectivity index (χ2v) is 7.15. The molecule has 1 N–H and O–H groups in total. The summed E-state index contributed by atoms with van der Waals surface area (Å²) in [5, 5.41) is 10.0. The van der Waals surface area contributed by atoms with E-state index in [0.717, 1.165) is 57.8 Å². The minimum atomic E-state index is -0.408. The second kappa shape index (κ2) is 13.7.